The lowest BCUT2D eigenvalue weighted by Gasteiger charge is -2.24. The van der Waals surface area contributed by atoms with E-state index in [2.05, 4.69) is 17.3 Å². The Morgan fingerprint density at radius 1 is 1.47 bits per heavy atom. The minimum absolute atomic E-state index is 0.332. The van der Waals surface area contributed by atoms with E-state index in [0.717, 1.165) is 36.5 Å². The van der Waals surface area contributed by atoms with E-state index in [9.17, 15) is 4.79 Å². The predicted molar refractivity (Wildman–Crippen MR) is 62.1 cm³/mol. The number of aryl methyl sites for hydroxylation is 1. The molecule has 0 bridgehead atoms. The van der Waals surface area contributed by atoms with Gasteiger partial charge in [0, 0.05) is 11.3 Å². The van der Waals surface area contributed by atoms with Crippen molar-refractivity contribution < 1.29 is 4.79 Å². The van der Waals surface area contributed by atoms with Gasteiger partial charge in [-0.1, -0.05) is 0 Å². The van der Waals surface area contributed by atoms with E-state index in [0.29, 0.717) is 5.92 Å². The monoisotopic (exact) mass is 223 g/mol. The molecule has 15 heavy (non-hydrogen) atoms. The van der Waals surface area contributed by atoms with Crippen LogP contribution in [-0.4, -0.2) is 11.3 Å². The molecule has 0 radical (unpaired) electrons. The van der Waals surface area contributed by atoms with Crippen LogP contribution in [0.15, 0.2) is 5.38 Å². The number of nitrogens with zero attached hydrogens (tertiary/aromatic N) is 1. The summed E-state index contributed by atoms with van der Waals surface area (Å²) in [6.07, 6.45) is 6.79. The van der Waals surface area contributed by atoms with Gasteiger partial charge in [-0.15, -0.1) is 11.3 Å². The van der Waals surface area contributed by atoms with E-state index in [4.69, 9.17) is 0 Å². The summed E-state index contributed by atoms with van der Waals surface area (Å²) in [5, 5.41) is 3.33. The van der Waals surface area contributed by atoms with Crippen molar-refractivity contribution in [2.45, 2.75) is 39.0 Å². The van der Waals surface area contributed by atoms with Gasteiger partial charge in [0.15, 0.2) is 0 Å². The van der Waals surface area contributed by atoms with Crippen LogP contribution in [0.2, 0.25) is 0 Å². The smallest absolute Gasteiger partial charge is 0.123 e. The normalized spacial score (nSPS) is 26.5. The fourth-order valence-corrected chi connectivity index (χ4v) is 2.95. The summed E-state index contributed by atoms with van der Waals surface area (Å²) in [4.78, 5) is 15.1. The van der Waals surface area contributed by atoms with Crippen molar-refractivity contribution in [3.05, 3.63) is 16.1 Å². The Kier molecular flexibility index (Phi) is 3.52. The molecule has 1 heterocycles. The number of hydrogen-bond acceptors (Lipinski definition) is 3. The predicted octanol–water partition coefficient (Wildman–Crippen LogP) is 3.00. The van der Waals surface area contributed by atoms with Gasteiger partial charge in [-0.3, -0.25) is 0 Å². The first-order chi connectivity index (χ1) is 7.28. The van der Waals surface area contributed by atoms with Gasteiger partial charge in [0.25, 0.3) is 0 Å². The lowest BCUT2D eigenvalue weighted by atomic mass is 9.81. The van der Waals surface area contributed by atoms with Gasteiger partial charge in [-0.25, -0.2) is 4.98 Å². The second-order valence-corrected chi connectivity index (χ2v) is 5.54. The third-order valence-corrected chi connectivity index (χ3v) is 4.07. The topological polar surface area (TPSA) is 30.0 Å². The molecule has 2 rings (SSSR count). The Bertz CT molecular complexity index is 326. The van der Waals surface area contributed by atoms with Crippen molar-refractivity contribution in [3.8, 4) is 0 Å². The maximum Gasteiger partial charge on any atom is 0.123 e. The van der Waals surface area contributed by atoms with Crippen molar-refractivity contribution in [1.82, 2.24) is 4.98 Å². The van der Waals surface area contributed by atoms with E-state index in [1.54, 1.807) is 11.3 Å². The SMILES string of the molecule is Cc1nc(CC2CCC(C=O)CC2)cs1. The van der Waals surface area contributed by atoms with E-state index >= 15 is 0 Å². The molecule has 1 aliphatic carbocycles. The third-order valence-electron chi connectivity index (χ3n) is 3.25. The Labute approximate surface area is 94.7 Å². The highest BCUT2D eigenvalue weighted by Crippen LogP contribution is 2.30. The maximum absolute atomic E-state index is 10.6. The summed E-state index contributed by atoms with van der Waals surface area (Å²) in [7, 11) is 0. The van der Waals surface area contributed by atoms with Crippen molar-refractivity contribution >= 4 is 17.6 Å². The Balaban J connectivity index is 1.84. The first kappa shape index (κ1) is 10.8. The molecule has 1 fully saturated rings. The molecule has 0 amide bonds. The van der Waals surface area contributed by atoms with Gasteiger partial charge in [-0.2, -0.15) is 0 Å². The van der Waals surface area contributed by atoms with Crippen LogP contribution in [0, 0.1) is 18.8 Å². The van der Waals surface area contributed by atoms with Crippen molar-refractivity contribution in [3.63, 3.8) is 0 Å². The minimum Gasteiger partial charge on any atom is -0.303 e. The molecule has 3 heteroatoms. The number of hydrogen-bond donors (Lipinski definition) is 0. The second-order valence-electron chi connectivity index (χ2n) is 4.48. The highest BCUT2D eigenvalue weighted by atomic mass is 32.1. The molecule has 0 atom stereocenters. The molecule has 82 valence electrons. The van der Waals surface area contributed by atoms with Crippen molar-refractivity contribution in [1.29, 1.82) is 0 Å². The van der Waals surface area contributed by atoms with Gasteiger partial charge in [0.2, 0.25) is 0 Å². The first-order valence-electron chi connectivity index (χ1n) is 5.64. The molecule has 0 saturated heterocycles. The Morgan fingerprint density at radius 2 is 2.20 bits per heavy atom. The van der Waals surface area contributed by atoms with E-state index in [1.165, 1.54) is 18.5 Å². The van der Waals surface area contributed by atoms with Crippen LogP contribution in [0.5, 0.6) is 0 Å². The van der Waals surface area contributed by atoms with Crippen molar-refractivity contribution in [2.75, 3.05) is 0 Å². The molecule has 1 saturated carbocycles. The fourth-order valence-electron chi connectivity index (χ4n) is 2.33. The third kappa shape index (κ3) is 2.88. The molecule has 1 aromatic rings. The quantitative estimate of drug-likeness (QED) is 0.737. The van der Waals surface area contributed by atoms with Crippen LogP contribution in [-0.2, 0) is 11.2 Å². The molecule has 0 aromatic carbocycles. The summed E-state index contributed by atoms with van der Waals surface area (Å²) in [6, 6.07) is 0. The number of carbonyl (C=O) groups is 1. The molecule has 0 unspecified atom stereocenters. The number of aromatic nitrogens is 1. The summed E-state index contributed by atoms with van der Waals surface area (Å²) >= 11 is 1.73. The van der Waals surface area contributed by atoms with Crippen LogP contribution in [0.25, 0.3) is 0 Å². The molecule has 1 aromatic heterocycles. The van der Waals surface area contributed by atoms with E-state index in [-0.39, 0.29) is 0 Å². The van der Waals surface area contributed by atoms with Crippen LogP contribution in [0.4, 0.5) is 0 Å². The van der Waals surface area contributed by atoms with Crippen LogP contribution in [0.3, 0.4) is 0 Å². The van der Waals surface area contributed by atoms with Gasteiger partial charge in [0.05, 0.1) is 10.7 Å². The fraction of sp³-hybridized carbons (Fsp3) is 0.667. The second kappa shape index (κ2) is 4.88. The van der Waals surface area contributed by atoms with Gasteiger partial charge in [0.1, 0.15) is 6.29 Å². The summed E-state index contributed by atoms with van der Waals surface area (Å²) in [6.45, 7) is 2.05. The molecular formula is C12H17NOS. The first-order valence-corrected chi connectivity index (χ1v) is 6.52. The molecule has 2 nitrogen and oxygen atoms in total. The Morgan fingerprint density at radius 3 is 2.73 bits per heavy atom. The van der Waals surface area contributed by atoms with E-state index < -0.39 is 0 Å². The van der Waals surface area contributed by atoms with Gasteiger partial charge < -0.3 is 4.79 Å². The zero-order valence-electron chi connectivity index (χ0n) is 9.11. The highest BCUT2D eigenvalue weighted by Gasteiger charge is 2.21. The lowest BCUT2D eigenvalue weighted by Crippen LogP contribution is -2.17. The Hall–Kier alpha value is -0.700. The largest absolute Gasteiger partial charge is 0.303 e. The highest BCUT2D eigenvalue weighted by molar-refractivity contribution is 7.09. The van der Waals surface area contributed by atoms with Crippen LogP contribution < -0.4 is 0 Å². The van der Waals surface area contributed by atoms with Gasteiger partial charge >= 0.3 is 0 Å². The average molecular weight is 223 g/mol. The summed E-state index contributed by atoms with van der Waals surface area (Å²) in [5.74, 6) is 1.08. The van der Waals surface area contributed by atoms with E-state index in [1.807, 2.05) is 0 Å². The number of carbonyl (C=O) groups excluding carboxylic acids is 1. The summed E-state index contributed by atoms with van der Waals surface area (Å²) < 4.78 is 0. The zero-order chi connectivity index (χ0) is 10.7. The molecule has 0 N–H and O–H groups in total. The number of aldehydes is 1. The standard InChI is InChI=1S/C12H17NOS/c1-9-13-12(8-15-9)6-10-2-4-11(7-14)5-3-10/h7-8,10-11H,2-6H2,1H3. The zero-order valence-corrected chi connectivity index (χ0v) is 9.93. The van der Waals surface area contributed by atoms with Crippen molar-refractivity contribution in [2.24, 2.45) is 11.8 Å². The van der Waals surface area contributed by atoms with Crippen LogP contribution in [0.1, 0.15) is 36.4 Å². The lowest BCUT2D eigenvalue weighted by molar-refractivity contribution is -0.112. The average Bonchev–Trinajstić information content (AvgIpc) is 2.65. The van der Waals surface area contributed by atoms with Gasteiger partial charge in [-0.05, 0) is 44.9 Å². The summed E-state index contributed by atoms with van der Waals surface area (Å²) in [5.41, 5.74) is 1.24. The maximum atomic E-state index is 10.6. The van der Waals surface area contributed by atoms with Crippen LogP contribution >= 0.6 is 11.3 Å². The number of thiazole rings is 1. The molecule has 0 aliphatic heterocycles. The molecule has 0 spiro atoms. The molecule has 1 aliphatic rings. The molecular weight excluding hydrogens is 206 g/mol. The number of rotatable bonds is 3. The minimum atomic E-state index is 0.332.